The van der Waals surface area contributed by atoms with E-state index in [1.807, 2.05) is 30.3 Å². The minimum absolute atomic E-state index is 0.0343. The Labute approximate surface area is 146 Å². The Hall–Kier alpha value is -2.33. The van der Waals surface area contributed by atoms with Gasteiger partial charge in [0.2, 0.25) is 5.91 Å². The number of nitrogens with zero attached hydrogens (tertiary/aromatic N) is 1. The van der Waals surface area contributed by atoms with Crippen LogP contribution in [-0.4, -0.2) is 36.3 Å². The fourth-order valence-corrected chi connectivity index (χ4v) is 3.05. The van der Waals surface area contributed by atoms with Crippen molar-refractivity contribution in [1.29, 1.82) is 0 Å². The van der Waals surface area contributed by atoms with Crippen molar-refractivity contribution < 1.29 is 9.59 Å². The Morgan fingerprint density at radius 1 is 1.04 bits per heavy atom. The molecule has 0 bridgehead atoms. The molecule has 1 heterocycles. The highest BCUT2D eigenvalue weighted by molar-refractivity contribution is 6.31. The third-order valence-corrected chi connectivity index (χ3v) is 4.58. The first-order chi connectivity index (χ1) is 11.6. The van der Waals surface area contributed by atoms with E-state index in [1.165, 1.54) is 0 Å². The maximum absolute atomic E-state index is 12.1. The lowest BCUT2D eigenvalue weighted by Crippen LogP contribution is -2.53. The molecule has 0 aliphatic carbocycles. The van der Waals surface area contributed by atoms with Crippen molar-refractivity contribution in [1.82, 2.24) is 10.2 Å². The summed E-state index contributed by atoms with van der Waals surface area (Å²) >= 11 is 6.16. The van der Waals surface area contributed by atoms with Crippen molar-refractivity contribution in [3.63, 3.8) is 0 Å². The highest BCUT2D eigenvalue weighted by atomic mass is 35.5. The third-order valence-electron chi connectivity index (χ3n) is 4.21. The Balaban J connectivity index is 1.42. The standard InChI is InChI=1S/C19H19ClN2O2/c20-17-9-5-4-8-16(17)10-14-12-22(13-14)18(23)11-21-19(24)15-6-2-1-3-7-15/h1-9,14H,10-13H2,(H,21,24). The molecule has 1 aliphatic rings. The molecule has 0 spiro atoms. The van der Waals surface area contributed by atoms with Gasteiger partial charge in [-0.25, -0.2) is 0 Å². The molecule has 5 heteroatoms. The number of likely N-dealkylation sites (tertiary alicyclic amines) is 1. The zero-order valence-electron chi connectivity index (χ0n) is 13.2. The van der Waals surface area contributed by atoms with Crippen LogP contribution in [-0.2, 0) is 11.2 Å². The summed E-state index contributed by atoms with van der Waals surface area (Å²) in [6.45, 7) is 1.46. The number of carbonyl (C=O) groups is 2. The topological polar surface area (TPSA) is 49.4 Å². The summed E-state index contributed by atoms with van der Waals surface area (Å²) in [5, 5.41) is 3.45. The molecule has 0 saturated carbocycles. The number of halogens is 1. The van der Waals surface area contributed by atoms with Crippen LogP contribution in [0.4, 0.5) is 0 Å². The van der Waals surface area contributed by atoms with Gasteiger partial charge in [-0.3, -0.25) is 9.59 Å². The summed E-state index contributed by atoms with van der Waals surface area (Å²) in [7, 11) is 0. The van der Waals surface area contributed by atoms with E-state index >= 15 is 0 Å². The molecule has 1 fully saturated rings. The van der Waals surface area contributed by atoms with E-state index in [0.29, 0.717) is 24.6 Å². The van der Waals surface area contributed by atoms with Gasteiger partial charge in [0.25, 0.3) is 5.91 Å². The van der Waals surface area contributed by atoms with Crippen molar-refractivity contribution in [3.05, 3.63) is 70.7 Å². The van der Waals surface area contributed by atoms with Gasteiger partial charge in [0.05, 0.1) is 6.54 Å². The van der Waals surface area contributed by atoms with E-state index in [2.05, 4.69) is 5.32 Å². The van der Waals surface area contributed by atoms with Crippen LogP contribution in [0.2, 0.25) is 5.02 Å². The van der Waals surface area contributed by atoms with Crippen LogP contribution >= 0.6 is 11.6 Å². The first-order valence-corrected chi connectivity index (χ1v) is 8.35. The second-order valence-corrected chi connectivity index (χ2v) is 6.42. The largest absolute Gasteiger partial charge is 0.343 e. The first kappa shape index (κ1) is 16.5. The molecule has 2 aromatic rings. The molecule has 0 atom stereocenters. The van der Waals surface area contributed by atoms with Crippen LogP contribution in [0.3, 0.4) is 0 Å². The van der Waals surface area contributed by atoms with Gasteiger partial charge < -0.3 is 10.2 Å². The second kappa shape index (κ2) is 7.49. The number of rotatable bonds is 5. The minimum atomic E-state index is -0.225. The molecule has 1 N–H and O–H groups in total. The van der Waals surface area contributed by atoms with E-state index in [4.69, 9.17) is 11.6 Å². The van der Waals surface area contributed by atoms with Gasteiger partial charge in [-0.2, -0.15) is 0 Å². The number of carbonyl (C=O) groups excluding carboxylic acids is 2. The molecule has 1 saturated heterocycles. The lowest BCUT2D eigenvalue weighted by molar-refractivity contribution is -0.136. The third kappa shape index (κ3) is 3.95. The minimum Gasteiger partial charge on any atom is -0.343 e. The fraction of sp³-hybridized carbons (Fsp3) is 0.263. The van der Waals surface area contributed by atoms with E-state index in [1.54, 1.807) is 29.2 Å². The average molecular weight is 343 g/mol. The average Bonchev–Trinajstić information content (AvgIpc) is 2.57. The molecule has 124 valence electrons. The van der Waals surface area contributed by atoms with Crippen molar-refractivity contribution in [2.24, 2.45) is 5.92 Å². The fourth-order valence-electron chi connectivity index (χ4n) is 2.84. The molecule has 0 radical (unpaired) electrons. The Morgan fingerprint density at radius 2 is 1.71 bits per heavy atom. The predicted octanol–water partition coefficient (Wildman–Crippen LogP) is 2.77. The van der Waals surface area contributed by atoms with E-state index in [-0.39, 0.29) is 18.4 Å². The SMILES string of the molecule is O=C(NCC(=O)N1CC(Cc2ccccc2Cl)C1)c1ccccc1. The Morgan fingerprint density at radius 3 is 2.42 bits per heavy atom. The van der Waals surface area contributed by atoms with Crippen molar-refractivity contribution in [2.45, 2.75) is 6.42 Å². The zero-order chi connectivity index (χ0) is 16.9. The van der Waals surface area contributed by atoms with Gasteiger partial charge in [-0.05, 0) is 36.1 Å². The van der Waals surface area contributed by atoms with Crippen LogP contribution < -0.4 is 5.32 Å². The zero-order valence-corrected chi connectivity index (χ0v) is 14.0. The van der Waals surface area contributed by atoms with Gasteiger partial charge in [0.1, 0.15) is 0 Å². The lowest BCUT2D eigenvalue weighted by Gasteiger charge is -2.39. The van der Waals surface area contributed by atoms with Gasteiger partial charge in [-0.15, -0.1) is 0 Å². The summed E-state index contributed by atoms with van der Waals surface area (Å²) in [6, 6.07) is 16.7. The van der Waals surface area contributed by atoms with Gasteiger partial charge in [-0.1, -0.05) is 48.0 Å². The number of benzene rings is 2. The van der Waals surface area contributed by atoms with Crippen LogP contribution in [0.5, 0.6) is 0 Å². The molecular formula is C19H19ClN2O2. The normalized spacial score (nSPS) is 14.1. The maximum atomic E-state index is 12.1. The second-order valence-electron chi connectivity index (χ2n) is 6.01. The van der Waals surface area contributed by atoms with Crippen molar-refractivity contribution in [2.75, 3.05) is 19.6 Å². The van der Waals surface area contributed by atoms with Crippen LogP contribution in [0, 0.1) is 5.92 Å². The molecule has 2 aromatic carbocycles. The summed E-state index contributed by atoms with van der Waals surface area (Å²) in [4.78, 5) is 25.8. The Bertz CT molecular complexity index is 727. The van der Waals surface area contributed by atoms with E-state index in [9.17, 15) is 9.59 Å². The van der Waals surface area contributed by atoms with Crippen molar-refractivity contribution in [3.8, 4) is 0 Å². The van der Waals surface area contributed by atoms with Crippen LogP contribution in [0.25, 0.3) is 0 Å². The highest BCUT2D eigenvalue weighted by Gasteiger charge is 2.30. The molecular weight excluding hydrogens is 324 g/mol. The lowest BCUT2D eigenvalue weighted by atomic mass is 9.92. The predicted molar refractivity (Wildman–Crippen MR) is 94.0 cm³/mol. The number of hydrogen-bond acceptors (Lipinski definition) is 2. The molecule has 0 aromatic heterocycles. The quantitative estimate of drug-likeness (QED) is 0.908. The number of hydrogen-bond donors (Lipinski definition) is 1. The molecule has 2 amide bonds. The molecule has 3 rings (SSSR count). The first-order valence-electron chi connectivity index (χ1n) is 7.98. The molecule has 4 nitrogen and oxygen atoms in total. The van der Waals surface area contributed by atoms with E-state index < -0.39 is 0 Å². The molecule has 1 aliphatic heterocycles. The summed E-state index contributed by atoms with van der Waals surface area (Å²) in [5.74, 6) is 0.158. The van der Waals surface area contributed by atoms with Gasteiger partial charge in [0.15, 0.2) is 0 Å². The molecule has 0 unspecified atom stereocenters. The Kier molecular flexibility index (Phi) is 5.16. The van der Waals surface area contributed by atoms with Gasteiger partial charge >= 0.3 is 0 Å². The smallest absolute Gasteiger partial charge is 0.251 e. The number of amides is 2. The number of nitrogens with one attached hydrogen (secondary N) is 1. The van der Waals surface area contributed by atoms with E-state index in [0.717, 1.165) is 17.0 Å². The van der Waals surface area contributed by atoms with Crippen LogP contribution in [0.1, 0.15) is 15.9 Å². The van der Waals surface area contributed by atoms with Crippen LogP contribution in [0.15, 0.2) is 54.6 Å². The van der Waals surface area contributed by atoms with Gasteiger partial charge in [0, 0.05) is 23.7 Å². The summed E-state index contributed by atoms with van der Waals surface area (Å²) < 4.78 is 0. The molecule has 24 heavy (non-hydrogen) atoms. The highest BCUT2D eigenvalue weighted by Crippen LogP contribution is 2.24. The summed E-state index contributed by atoms with van der Waals surface area (Å²) in [6.07, 6.45) is 0.875. The monoisotopic (exact) mass is 342 g/mol. The summed E-state index contributed by atoms with van der Waals surface area (Å²) in [5.41, 5.74) is 1.68. The van der Waals surface area contributed by atoms with Crippen molar-refractivity contribution >= 4 is 23.4 Å². The maximum Gasteiger partial charge on any atom is 0.251 e.